The maximum absolute atomic E-state index is 12.4. The van der Waals surface area contributed by atoms with Crippen LogP contribution in [0.4, 0.5) is 0 Å². The van der Waals surface area contributed by atoms with Crippen molar-refractivity contribution < 1.29 is 14.3 Å². The number of esters is 1. The average molecular weight is 436 g/mol. The van der Waals surface area contributed by atoms with Gasteiger partial charge in [-0.15, -0.1) is 11.8 Å². The van der Waals surface area contributed by atoms with E-state index in [9.17, 15) is 9.59 Å². The molecule has 4 aliphatic carbocycles. The minimum absolute atomic E-state index is 0.155. The van der Waals surface area contributed by atoms with Gasteiger partial charge in [0.05, 0.1) is 6.42 Å². The van der Waals surface area contributed by atoms with Gasteiger partial charge in [0.25, 0.3) is 5.91 Å². The number of halogens is 1. The molecule has 4 bridgehead atoms. The van der Waals surface area contributed by atoms with Crippen LogP contribution in [0.2, 0.25) is 5.02 Å². The van der Waals surface area contributed by atoms with E-state index in [0.717, 1.165) is 22.6 Å². The second kappa shape index (κ2) is 8.89. The molecular formula is C23H30ClNO3S. The maximum atomic E-state index is 12.4. The average Bonchev–Trinajstić information content (AvgIpc) is 2.67. The number of hydrogen-bond donors (Lipinski definition) is 1. The van der Waals surface area contributed by atoms with Gasteiger partial charge in [-0.2, -0.15) is 0 Å². The number of carbonyl (C=O) groups excluding carboxylic acids is 2. The number of nitrogens with one attached hydrogen (secondary N) is 1. The summed E-state index contributed by atoms with van der Waals surface area (Å²) in [6, 6.07) is 7.67. The molecule has 0 aliphatic heterocycles. The predicted octanol–water partition coefficient (Wildman–Crippen LogP) is 5.09. The SMILES string of the molecule is CC(NC(=O)COC(=O)CCSc1ccc(Cl)cc1)C12CC3CC(CC(C3)C1)C2. The Hall–Kier alpha value is -1.20. The zero-order valence-electron chi connectivity index (χ0n) is 17.0. The van der Waals surface area contributed by atoms with Gasteiger partial charge in [-0.3, -0.25) is 9.59 Å². The van der Waals surface area contributed by atoms with Crippen LogP contribution in [0.25, 0.3) is 0 Å². The van der Waals surface area contributed by atoms with Crippen molar-refractivity contribution in [3.8, 4) is 0 Å². The Labute approximate surface area is 182 Å². The molecule has 0 aromatic heterocycles. The summed E-state index contributed by atoms with van der Waals surface area (Å²) in [5.74, 6) is 2.69. The zero-order chi connectivity index (χ0) is 20.4. The van der Waals surface area contributed by atoms with Crippen molar-refractivity contribution in [2.45, 2.75) is 62.8 Å². The van der Waals surface area contributed by atoms with E-state index >= 15 is 0 Å². The Morgan fingerprint density at radius 3 is 2.31 bits per heavy atom. The highest BCUT2D eigenvalue weighted by Crippen LogP contribution is 2.61. The highest BCUT2D eigenvalue weighted by Gasteiger charge is 2.53. The molecule has 1 amide bonds. The summed E-state index contributed by atoms with van der Waals surface area (Å²) >= 11 is 7.44. The van der Waals surface area contributed by atoms with E-state index in [1.807, 2.05) is 24.3 Å². The van der Waals surface area contributed by atoms with E-state index in [2.05, 4.69) is 12.2 Å². The van der Waals surface area contributed by atoms with Gasteiger partial charge in [-0.05, 0) is 92.9 Å². The number of amides is 1. The zero-order valence-corrected chi connectivity index (χ0v) is 18.6. The molecule has 0 heterocycles. The van der Waals surface area contributed by atoms with E-state index in [1.165, 1.54) is 38.5 Å². The van der Waals surface area contributed by atoms with Gasteiger partial charge < -0.3 is 10.1 Å². The molecule has 158 valence electrons. The predicted molar refractivity (Wildman–Crippen MR) is 116 cm³/mol. The van der Waals surface area contributed by atoms with Crippen LogP contribution in [0.15, 0.2) is 29.2 Å². The van der Waals surface area contributed by atoms with Crippen molar-refractivity contribution in [1.82, 2.24) is 5.32 Å². The van der Waals surface area contributed by atoms with Crippen molar-refractivity contribution >= 4 is 35.2 Å². The summed E-state index contributed by atoms with van der Waals surface area (Å²) in [7, 11) is 0. The Morgan fingerprint density at radius 2 is 1.72 bits per heavy atom. The lowest BCUT2D eigenvalue weighted by Crippen LogP contribution is -2.56. The Balaban J connectivity index is 1.17. The number of carbonyl (C=O) groups is 2. The van der Waals surface area contributed by atoms with E-state index in [1.54, 1.807) is 11.8 Å². The smallest absolute Gasteiger partial charge is 0.307 e. The van der Waals surface area contributed by atoms with Crippen LogP contribution in [-0.4, -0.2) is 30.3 Å². The van der Waals surface area contributed by atoms with Gasteiger partial charge in [0.2, 0.25) is 0 Å². The second-order valence-electron chi connectivity index (χ2n) is 9.28. The van der Waals surface area contributed by atoms with Crippen LogP contribution in [0.5, 0.6) is 0 Å². The van der Waals surface area contributed by atoms with Crippen molar-refractivity contribution in [2.24, 2.45) is 23.2 Å². The van der Waals surface area contributed by atoms with E-state index in [4.69, 9.17) is 16.3 Å². The summed E-state index contributed by atoms with van der Waals surface area (Å²) in [4.78, 5) is 25.4. The van der Waals surface area contributed by atoms with Gasteiger partial charge in [0.1, 0.15) is 0 Å². The van der Waals surface area contributed by atoms with E-state index in [0.29, 0.717) is 10.8 Å². The van der Waals surface area contributed by atoms with Crippen molar-refractivity contribution in [1.29, 1.82) is 0 Å². The molecule has 6 heteroatoms. The Morgan fingerprint density at radius 1 is 1.14 bits per heavy atom. The van der Waals surface area contributed by atoms with Crippen LogP contribution >= 0.6 is 23.4 Å². The number of rotatable bonds is 8. The monoisotopic (exact) mass is 435 g/mol. The summed E-state index contributed by atoms with van der Waals surface area (Å²) in [6.45, 7) is 1.97. The molecule has 1 unspecified atom stereocenters. The van der Waals surface area contributed by atoms with Crippen LogP contribution in [0.1, 0.15) is 51.9 Å². The first-order valence-electron chi connectivity index (χ1n) is 10.8. The normalized spacial score (nSPS) is 30.8. The van der Waals surface area contributed by atoms with Crippen LogP contribution < -0.4 is 5.32 Å². The lowest BCUT2D eigenvalue weighted by atomic mass is 9.48. The fourth-order valence-electron chi connectivity index (χ4n) is 6.15. The van der Waals surface area contributed by atoms with Crippen LogP contribution in [0.3, 0.4) is 0 Å². The molecule has 1 aromatic carbocycles. The lowest BCUT2D eigenvalue weighted by molar-refractivity contribution is -0.149. The van der Waals surface area contributed by atoms with E-state index < -0.39 is 0 Å². The fraction of sp³-hybridized carbons (Fsp3) is 0.652. The molecule has 4 nitrogen and oxygen atoms in total. The Kier molecular flexibility index (Phi) is 6.45. The maximum Gasteiger partial charge on any atom is 0.307 e. The molecule has 0 spiro atoms. The number of thioether (sulfide) groups is 1. The number of benzene rings is 1. The molecule has 1 aromatic rings. The third kappa shape index (κ3) is 5.11. The minimum Gasteiger partial charge on any atom is -0.456 e. The highest BCUT2D eigenvalue weighted by molar-refractivity contribution is 7.99. The standard InChI is InChI=1S/C23H30ClNO3S/c1-15(23-11-16-8-17(12-23)10-18(9-16)13-23)25-21(26)14-28-22(27)6-7-29-20-4-2-19(24)3-5-20/h2-5,15-18H,6-14H2,1H3,(H,25,26). The number of ether oxygens (including phenoxy) is 1. The molecule has 29 heavy (non-hydrogen) atoms. The summed E-state index contributed by atoms with van der Waals surface area (Å²) in [6.07, 6.45) is 8.22. The van der Waals surface area contributed by atoms with E-state index in [-0.39, 0.29) is 36.4 Å². The molecular weight excluding hydrogens is 406 g/mol. The third-order valence-electron chi connectivity index (χ3n) is 7.13. The fourth-order valence-corrected chi connectivity index (χ4v) is 7.10. The van der Waals surface area contributed by atoms with Crippen molar-refractivity contribution in [2.75, 3.05) is 12.4 Å². The van der Waals surface area contributed by atoms with Gasteiger partial charge in [0, 0.05) is 21.7 Å². The quantitative estimate of drug-likeness (QED) is 0.456. The minimum atomic E-state index is -0.330. The summed E-state index contributed by atoms with van der Waals surface area (Å²) in [5, 5.41) is 3.84. The summed E-state index contributed by atoms with van der Waals surface area (Å²) < 4.78 is 5.20. The molecule has 0 radical (unpaired) electrons. The molecule has 5 rings (SSSR count). The van der Waals surface area contributed by atoms with Crippen molar-refractivity contribution in [3.63, 3.8) is 0 Å². The number of hydrogen-bond acceptors (Lipinski definition) is 4. The largest absolute Gasteiger partial charge is 0.456 e. The lowest BCUT2D eigenvalue weighted by Gasteiger charge is -2.59. The third-order valence-corrected chi connectivity index (χ3v) is 8.40. The topological polar surface area (TPSA) is 55.4 Å². The first-order valence-corrected chi connectivity index (χ1v) is 12.1. The van der Waals surface area contributed by atoms with Crippen LogP contribution in [-0.2, 0) is 14.3 Å². The molecule has 4 aliphatic rings. The van der Waals surface area contributed by atoms with Gasteiger partial charge >= 0.3 is 5.97 Å². The molecule has 4 saturated carbocycles. The summed E-state index contributed by atoms with van der Waals surface area (Å²) in [5.41, 5.74) is 0.267. The van der Waals surface area contributed by atoms with Gasteiger partial charge in [-0.1, -0.05) is 11.6 Å². The molecule has 0 saturated heterocycles. The second-order valence-corrected chi connectivity index (χ2v) is 10.9. The van der Waals surface area contributed by atoms with Crippen LogP contribution in [0, 0.1) is 23.2 Å². The Bertz CT molecular complexity index is 716. The highest BCUT2D eigenvalue weighted by atomic mass is 35.5. The van der Waals surface area contributed by atoms with Crippen molar-refractivity contribution in [3.05, 3.63) is 29.3 Å². The molecule has 1 atom stereocenters. The first kappa shape index (κ1) is 21.0. The van der Waals surface area contributed by atoms with Gasteiger partial charge in [-0.25, -0.2) is 0 Å². The molecule has 4 fully saturated rings. The van der Waals surface area contributed by atoms with Gasteiger partial charge in [0.15, 0.2) is 6.61 Å². The first-order chi connectivity index (χ1) is 13.9. The molecule has 1 N–H and O–H groups in total.